The van der Waals surface area contributed by atoms with Gasteiger partial charge >= 0.3 is 0 Å². The molecule has 221 valence electrons. The lowest BCUT2D eigenvalue weighted by atomic mass is 10.1. The number of carbonyl (C=O) groups excluding carboxylic acids is 1. The fourth-order valence-electron chi connectivity index (χ4n) is 4.54. The summed E-state index contributed by atoms with van der Waals surface area (Å²) < 4.78 is 26.5. The zero-order valence-electron chi connectivity index (χ0n) is 26.9. The molecule has 38 heavy (non-hydrogen) atoms. The van der Waals surface area contributed by atoms with Crippen LogP contribution < -0.4 is 10.6 Å². The van der Waals surface area contributed by atoms with Crippen LogP contribution in [-0.2, 0) is 13.5 Å². The molecule has 0 aromatic carbocycles. The van der Waals surface area contributed by atoms with Gasteiger partial charge in [0.25, 0.3) is 0 Å². The summed E-state index contributed by atoms with van der Waals surface area (Å²) in [4.78, 5) is 12.6. The van der Waals surface area contributed by atoms with E-state index in [-0.39, 0.29) is 18.1 Å². The van der Waals surface area contributed by atoms with Crippen molar-refractivity contribution in [2.75, 3.05) is 26.4 Å². The number of hydrogen-bond donors (Lipinski definition) is 2. The Labute approximate surface area is 249 Å². The first kappa shape index (κ1) is 34.9. The Morgan fingerprint density at radius 2 is 1.58 bits per heavy atom. The molecule has 10 heteroatoms. The lowest BCUT2D eigenvalue weighted by Crippen LogP contribution is -2.45. The van der Waals surface area contributed by atoms with Crippen LogP contribution >= 0.6 is 27.3 Å². The molecular weight excluding hydrogens is 528 g/mol. The van der Waals surface area contributed by atoms with Crippen molar-refractivity contribution in [3.8, 4) is 0 Å². The molecule has 0 aliphatic carbocycles. The van der Waals surface area contributed by atoms with Crippen LogP contribution in [0.25, 0.3) is 0 Å². The van der Waals surface area contributed by atoms with E-state index in [0.717, 1.165) is 51.4 Å². The normalized spacial score (nSPS) is 15.3. The number of amides is 1. The third-order valence-electron chi connectivity index (χ3n) is 6.72. The maximum Gasteiger partial charge on any atom is 0.220 e. The predicted molar refractivity (Wildman–Crippen MR) is 176 cm³/mol. The highest BCUT2D eigenvalue weighted by Gasteiger charge is 2.15. The van der Waals surface area contributed by atoms with Crippen molar-refractivity contribution in [3.63, 3.8) is 0 Å². The molecule has 0 saturated heterocycles. The largest absolute Gasteiger partial charge is 0.367 e. The minimum atomic E-state index is -1.37. The molecule has 4 atom stereocenters. The molecule has 2 N–H and O–H groups in total. The second kappa shape index (κ2) is 30.6. The van der Waals surface area contributed by atoms with Crippen LogP contribution in [0.2, 0.25) is 0 Å². The van der Waals surface area contributed by atoms with Crippen molar-refractivity contribution < 1.29 is 13.5 Å². The zero-order chi connectivity index (χ0) is 29.7. The van der Waals surface area contributed by atoms with E-state index in [9.17, 15) is 4.79 Å². The third kappa shape index (κ3) is 28.2. The second-order valence-electron chi connectivity index (χ2n) is 10.5. The highest BCUT2D eigenvalue weighted by molar-refractivity contribution is 8.53. The van der Waals surface area contributed by atoms with E-state index >= 15 is 0 Å². The minimum Gasteiger partial charge on any atom is -0.367 e. The monoisotopic (exact) mass is 590 g/mol. The Morgan fingerprint density at radius 3 is 2.16 bits per heavy atom. The fourth-order valence-corrected chi connectivity index (χ4v) is 5.88. The minimum absolute atomic E-state index is 0.0598. The summed E-state index contributed by atoms with van der Waals surface area (Å²) in [5.41, 5.74) is 0. The van der Waals surface area contributed by atoms with Gasteiger partial charge in [0.15, 0.2) is 0 Å². The summed E-state index contributed by atoms with van der Waals surface area (Å²) in [5, 5.41) is 6.58. The van der Waals surface area contributed by atoms with Crippen LogP contribution in [0, 0.1) is 0 Å². The SMILES string of the molecule is [2H]P([B][3H])SOC[C@@H](CNCC[C@@H](CCCCCCC)OP([B])C)NC(=O)CCCCCCCCCCCCC. The molecular formula is C28H59B2N2O3P2S. The Morgan fingerprint density at radius 1 is 1.00 bits per heavy atom. The number of nitrogens with one attached hydrogen (secondary N) is 2. The van der Waals surface area contributed by atoms with Crippen LogP contribution in [0.3, 0.4) is 0 Å². The smallest absolute Gasteiger partial charge is 0.220 e. The lowest BCUT2D eigenvalue weighted by molar-refractivity contribution is -0.122. The van der Waals surface area contributed by atoms with Crippen LogP contribution in [-0.4, -0.2) is 62.1 Å². The quantitative estimate of drug-likeness (QED) is 0.0370. The molecule has 0 bridgehead atoms. The third-order valence-corrected chi connectivity index (χ3v) is 8.25. The first-order valence-electron chi connectivity index (χ1n) is 16.4. The second-order valence-corrected chi connectivity index (χ2v) is 13.5. The average molecular weight is 590 g/mol. The molecule has 0 aliphatic rings. The van der Waals surface area contributed by atoms with Crippen molar-refractivity contribution in [1.82, 2.24) is 10.6 Å². The first-order valence-corrected chi connectivity index (χ1v) is 19.5. The van der Waals surface area contributed by atoms with Gasteiger partial charge in [-0.15, -0.1) is 0 Å². The standard InChI is InChI=1S/C28H59B2N2O3P2S/c1-4-6-8-10-11-12-13-14-15-17-19-21-28(33)32-26(25-34-38-36-29)24-31-23-22-27(35-37(3)30)20-18-16-9-7-5-2/h26-27,29,31,36H,4-25H2,1-3H3,(H,32,33)/t26-,27-,36?,37?/m1/s1/i29T,36D. The van der Waals surface area contributed by atoms with Crippen molar-refractivity contribution >= 4 is 48.3 Å². The topological polar surface area (TPSA) is 59.6 Å². The van der Waals surface area contributed by atoms with E-state index in [2.05, 4.69) is 24.5 Å². The summed E-state index contributed by atoms with van der Waals surface area (Å²) >= 11 is 1.01. The molecule has 2 unspecified atom stereocenters. The summed E-state index contributed by atoms with van der Waals surface area (Å²) in [7, 11) is 4.81. The molecule has 0 spiro atoms. The highest BCUT2D eigenvalue weighted by Crippen LogP contribution is 2.30. The van der Waals surface area contributed by atoms with E-state index in [0.29, 0.717) is 19.6 Å². The maximum absolute atomic E-state index is 12.6. The number of hydrogen-bond acceptors (Lipinski definition) is 5. The van der Waals surface area contributed by atoms with E-state index < -0.39 is 15.6 Å². The van der Waals surface area contributed by atoms with E-state index in [4.69, 9.17) is 18.9 Å². The van der Waals surface area contributed by atoms with Gasteiger partial charge in [-0.2, -0.15) is 0 Å². The van der Waals surface area contributed by atoms with Gasteiger partial charge in [0, 0.05) is 24.6 Å². The van der Waals surface area contributed by atoms with Crippen LogP contribution in [0.15, 0.2) is 0 Å². The van der Waals surface area contributed by atoms with Crippen LogP contribution in [0.1, 0.15) is 136 Å². The highest BCUT2D eigenvalue weighted by atomic mass is 32.7. The molecule has 3 radical (unpaired) electrons. The Balaban J connectivity index is 4.31. The van der Waals surface area contributed by atoms with Gasteiger partial charge in [0.2, 0.25) is 5.91 Å². The van der Waals surface area contributed by atoms with Gasteiger partial charge in [0.05, 0.1) is 20.0 Å². The number of unbranched alkanes of at least 4 members (excludes halogenated alkanes) is 14. The first-order chi connectivity index (χ1) is 19.4. The summed E-state index contributed by atoms with van der Waals surface area (Å²) in [6.45, 7) is 8.12. The number of carbonyl (C=O) groups is 1. The molecule has 0 rings (SSSR count). The number of rotatable bonds is 31. The van der Waals surface area contributed by atoms with Gasteiger partial charge in [-0.05, 0) is 41.8 Å². The molecule has 0 aromatic heterocycles. The molecule has 0 aromatic rings. The summed E-state index contributed by atoms with van der Waals surface area (Å²) in [6, 6.07) is -0.173. The molecule has 0 fully saturated rings. The van der Waals surface area contributed by atoms with E-state index in [1.165, 1.54) is 89.9 Å². The van der Waals surface area contributed by atoms with Crippen molar-refractivity contribution in [3.05, 3.63) is 0 Å². The summed E-state index contributed by atoms with van der Waals surface area (Å²) in [5.74, 6) is 0.0598. The molecule has 5 nitrogen and oxygen atoms in total. The van der Waals surface area contributed by atoms with Gasteiger partial charge < -0.3 is 19.3 Å². The lowest BCUT2D eigenvalue weighted by Gasteiger charge is -2.23. The van der Waals surface area contributed by atoms with Crippen LogP contribution in [0.5, 0.6) is 0 Å². The van der Waals surface area contributed by atoms with Crippen molar-refractivity contribution in [1.29, 1.82) is 2.61 Å². The van der Waals surface area contributed by atoms with Gasteiger partial charge in [-0.3, -0.25) is 4.79 Å². The Kier molecular flexibility index (Phi) is 28.1. The summed E-state index contributed by atoms with van der Waals surface area (Å²) in [6.07, 6.45) is 22.8. The average Bonchev–Trinajstić information content (AvgIpc) is 2.93. The van der Waals surface area contributed by atoms with Gasteiger partial charge in [-0.25, -0.2) is 0 Å². The molecule has 0 heterocycles. The molecule has 0 aliphatic heterocycles. The molecule has 1 amide bonds. The van der Waals surface area contributed by atoms with Gasteiger partial charge in [-0.1, -0.05) is 118 Å². The van der Waals surface area contributed by atoms with Crippen molar-refractivity contribution in [2.24, 2.45) is 0 Å². The van der Waals surface area contributed by atoms with Crippen molar-refractivity contribution in [2.45, 2.75) is 148 Å². The Hall–Kier alpha value is 0.690. The van der Waals surface area contributed by atoms with Gasteiger partial charge in [0.1, 0.15) is 15.1 Å². The predicted octanol–water partition coefficient (Wildman–Crippen LogP) is 8.08. The zero-order valence-corrected chi connectivity index (χ0v) is 27.5. The molecule has 0 saturated carbocycles. The maximum atomic E-state index is 12.6. The van der Waals surface area contributed by atoms with Crippen LogP contribution in [0.4, 0.5) is 0 Å². The van der Waals surface area contributed by atoms with E-state index in [1.54, 1.807) is 0 Å². The van der Waals surface area contributed by atoms with E-state index in [1.807, 2.05) is 6.66 Å². The fraction of sp³-hybridized carbons (Fsp3) is 0.964. The Bertz CT molecular complexity index is 568.